The van der Waals surface area contributed by atoms with Crippen molar-refractivity contribution in [3.63, 3.8) is 0 Å². The summed E-state index contributed by atoms with van der Waals surface area (Å²) in [7, 11) is 1.95. The number of nitrogens with one attached hydrogen (secondary N) is 1. The van der Waals surface area contributed by atoms with Crippen molar-refractivity contribution in [3.05, 3.63) is 17.0 Å². The summed E-state index contributed by atoms with van der Waals surface area (Å²) < 4.78 is 1.89. The van der Waals surface area contributed by atoms with Crippen LogP contribution >= 0.6 is 0 Å². The van der Waals surface area contributed by atoms with Gasteiger partial charge in [0.15, 0.2) is 0 Å². The molecular weight excluding hydrogens is 226 g/mol. The maximum Gasteiger partial charge on any atom is 0.220 e. The van der Waals surface area contributed by atoms with E-state index in [2.05, 4.69) is 38.1 Å². The number of carbonyl (C=O) groups excluding carboxylic acids is 1. The van der Waals surface area contributed by atoms with Crippen molar-refractivity contribution in [2.24, 2.45) is 12.5 Å². The number of hydrogen-bond donors (Lipinski definition) is 1. The molecule has 0 atom stereocenters. The SMILES string of the molecule is Cc1nn(C)c(C)c1CCNC(=O)CC(C)(C)C. The minimum absolute atomic E-state index is 0.0459. The molecule has 0 aliphatic carbocycles. The van der Waals surface area contributed by atoms with Crippen molar-refractivity contribution < 1.29 is 4.79 Å². The van der Waals surface area contributed by atoms with E-state index in [0.29, 0.717) is 13.0 Å². The molecule has 0 aliphatic heterocycles. The van der Waals surface area contributed by atoms with Crippen LogP contribution in [-0.4, -0.2) is 22.2 Å². The molecule has 1 aromatic rings. The van der Waals surface area contributed by atoms with Gasteiger partial charge >= 0.3 is 0 Å². The van der Waals surface area contributed by atoms with Gasteiger partial charge in [-0.15, -0.1) is 0 Å². The fourth-order valence-corrected chi connectivity index (χ4v) is 2.05. The van der Waals surface area contributed by atoms with E-state index in [-0.39, 0.29) is 11.3 Å². The molecule has 1 amide bonds. The van der Waals surface area contributed by atoms with E-state index in [1.165, 1.54) is 11.3 Å². The Morgan fingerprint density at radius 2 is 1.94 bits per heavy atom. The summed E-state index contributed by atoms with van der Waals surface area (Å²) in [4.78, 5) is 11.7. The molecule has 0 saturated heterocycles. The summed E-state index contributed by atoms with van der Waals surface area (Å²) >= 11 is 0. The molecule has 0 unspecified atom stereocenters. The third-order valence-corrected chi connectivity index (χ3v) is 3.05. The molecule has 0 saturated carbocycles. The second kappa shape index (κ2) is 5.55. The van der Waals surface area contributed by atoms with Crippen molar-refractivity contribution >= 4 is 5.91 Å². The summed E-state index contributed by atoms with van der Waals surface area (Å²) in [5.41, 5.74) is 3.52. The summed E-state index contributed by atoms with van der Waals surface area (Å²) in [6.45, 7) is 11.0. The highest BCUT2D eigenvalue weighted by molar-refractivity contribution is 5.76. The molecular formula is C14H25N3O. The van der Waals surface area contributed by atoms with Gasteiger partial charge in [-0.1, -0.05) is 20.8 Å². The third kappa shape index (κ3) is 4.17. The van der Waals surface area contributed by atoms with Gasteiger partial charge in [-0.2, -0.15) is 5.10 Å². The van der Waals surface area contributed by atoms with Crippen LogP contribution < -0.4 is 5.32 Å². The zero-order chi connectivity index (χ0) is 13.9. The van der Waals surface area contributed by atoms with Gasteiger partial charge in [-0.25, -0.2) is 0 Å². The highest BCUT2D eigenvalue weighted by atomic mass is 16.1. The lowest BCUT2D eigenvalue weighted by Gasteiger charge is -2.17. The second-order valence-corrected chi connectivity index (χ2v) is 6.11. The van der Waals surface area contributed by atoms with Crippen LogP contribution in [0.25, 0.3) is 0 Å². The van der Waals surface area contributed by atoms with Crippen LogP contribution in [0.1, 0.15) is 44.1 Å². The zero-order valence-corrected chi connectivity index (χ0v) is 12.4. The van der Waals surface area contributed by atoms with Gasteiger partial charge < -0.3 is 5.32 Å². The Hall–Kier alpha value is -1.32. The van der Waals surface area contributed by atoms with Crippen molar-refractivity contribution in [3.8, 4) is 0 Å². The summed E-state index contributed by atoms with van der Waals surface area (Å²) in [6.07, 6.45) is 1.42. The van der Waals surface area contributed by atoms with Crippen LogP contribution in [0.15, 0.2) is 0 Å². The molecule has 0 aromatic carbocycles. The highest BCUT2D eigenvalue weighted by Crippen LogP contribution is 2.18. The van der Waals surface area contributed by atoms with Crippen LogP contribution in [-0.2, 0) is 18.3 Å². The van der Waals surface area contributed by atoms with E-state index >= 15 is 0 Å². The van der Waals surface area contributed by atoms with E-state index in [0.717, 1.165) is 12.1 Å². The largest absolute Gasteiger partial charge is 0.356 e. The molecule has 0 fully saturated rings. The van der Waals surface area contributed by atoms with Gasteiger partial charge in [0, 0.05) is 25.7 Å². The molecule has 1 rings (SSSR count). The van der Waals surface area contributed by atoms with Gasteiger partial charge in [-0.3, -0.25) is 9.48 Å². The molecule has 4 nitrogen and oxygen atoms in total. The van der Waals surface area contributed by atoms with Crippen molar-refractivity contribution in [2.75, 3.05) is 6.54 Å². The third-order valence-electron chi connectivity index (χ3n) is 3.05. The maximum atomic E-state index is 11.7. The van der Waals surface area contributed by atoms with E-state index in [9.17, 15) is 4.79 Å². The van der Waals surface area contributed by atoms with Crippen LogP contribution in [0.2, 0.25) is 0 Å². The standard InChI is InChI=1S/C14H25N3O/c1-10-12(11(2)17(6)16-10)7-8-15-13(18)9-14(3,4)5/h7-9H2,1-6H3,(H,15,18). The topological polar surface area (TPSA) is 46.9 Å². The van der Waals surface area contributed by atoms with Crippen molar-refractivity contribution in [1.29, 1.82) is 0 Å². The Morgan fingerprint density at radius 1 is 1.33 bits per heavy atom. The Labute approximate surface area is 110 Å². The van der Waals surface area contributed by atoms with E-state index < -0.39 is 0 Å². The van der Waals surface area contributed by atoms with Crippen LogP contribution in [0.4, 0.5) is 0 Å². The Kier molecular flexibility index (Phi) is 4.54. The minimum atomic E-state index is 0.0459. The molecule has 0 aliphatic rings. The quantitative estimate of drug-likeness (QED) is 0.891. The van der Waals surface area contributed by atoms with Crippen molar-refractivity contribution in [1.82, 2.24) is 15.1 Å². The van der Waals surface area contributed by atoms with Gasteiger partial charge in [0.25, 0.3) is 0 Å². The molecule has 0 radical (unpaired) electrons. The number of rotatable bonds is 4. The smallest absolute Gasteiger partial charge is 0.220 e. The van der Waals surface area contributed by atoms with Crippen molar-refractivity contribution in [2.45, 2.75) is 47.5 Å². The first-order chi connectivity index (χ1) is 8.20. The second-order valence-electron chi connectivity index (χ2n) is 6.11. The van der Waals surface area contributed by atoms with Gasteiger partial charge in [-0.05, 0) is 31.2 Å². The van der Waals surface area contributed by atoms with Crippen LogP contribution in [0.5, 0.6) is 0 Å². The molecule has 18 heavy (non-hydrogen) atoms. The molecule has 1 aromatic heterocycles. The fourth-order valence-electron chi connectivity index (χ4n) is 2.05. The number of aromatic nitrogens is 2. The summed E-state index contributed by atoms with van der Waals surface area (Å²) in [5, 5.41) is 7.35. The normalized spacial score (nSPS) is 11.7. The number of hydrogen-bond acceptors (Lipinski definition) is 2. The number of aryl methyl sites for hydroxylation is 2. The first-order valence-corrected chi connectivity index (χ1v) is 6.46. The number of amides is 1. The molecule has 0 bridgehead atoms. The van der Waals surface area contributed by atoms with E-state index in [1.807, 2.05) is 18.7 Å². The van der Waals surface area contributed by atoms with E-state index in [4.69, 9.17) is 0 Å². The predicted octanol–water partition coefficient (Wildman–Crippen LogP) is 2.13. The van der Waals surface area contributed by atoms with Gasteiger partial charge in [0.1, 0.15) is 0 Å². The predicted molar refractivity (Wildman–Crippen MR) is 73.5 cm³/mol. The molecule has 0 spiro atoms. The van der Waals surface area contributed by atoms with Gasteiger partial charge in [0.05, 0.1) is 5.69 Å². The first kappa shape index (κ1) is 14.7. The zero-order valence-electron chi connectivity index (χ0n) is 12.4. The summed E-state index contributed by atoms with van der Waals surface area (Å²) in [5.74, 6) is 0.127. The fraction of sp³-hybridized carbons (Fsp3) is 0.714. The highest BCUT2D eigenvalue weighted by Gasteiger charge is 2.16. The monoisotopic (exact) mass is 251 g/mol. The maximum absolute atomic E-state index is 11.7. The van der Waals surface area contributed by atoms with E-state index in [1.54, 1.807) is 0 Å². The van der Waals surface area contributed by atoms with Gasteiger partial charge in [0.2, 0.25) is 5.91 Å². The van der Waals surface area contributed by atoms with Crippen LogP contribution in [0.3, 0.4) is 0 Å². The average Bonchev–Trinajstić information content (AvgIpc) is 2.41. The summed E-state index contributed by atoms with van der Waals surface area (Å²) in [6, 6.07) is 0. The average molecular weight is 251 g/mol. The Bertz CT molecular complexity index is 427. The Morgan fingerprint density at radius 3 is 2.39 bits per heavy atom. The first-order valence-electron chi connectivity index (χ1n) is 6.46. The molecule has 4 heteroatoms. The lowest BCUT2D eigenvalue weighted by Crippen LogP contribution is -2.29. The number of nitrogens with zero attached hydrogens (tertiary/aromatic N) is 2. The van der Waals surface area contributed by atoms with Crippen LogP contribution in [0, 0.1) is 19.3 Å². The molecule has 1 N–H and O–H groups in total. The minimum Gasteiger partial charge on any atom is -0.356 e. The number of carbonyl (C=O) groups is 1. The Balaban J connectivity index is 2.45. The molecule has 1 heterocycles. The lowest BCUT2D eigenvalue weighted by molar-refractivity contribution is -0.122. The lowest BCUT2D eigenvalue weighted by atomic mass is 9.92. The molecule has 102 valence electrons.